The topological polar surface area (TPSA) is 186 Å². The predicted molar refractivity (Wildman–Crippen MR) is 113 cm³/mol. The van der Waals surface area contributed by atoms with Crippen molar-refractivity contribution >= 4 is 11.9 Å². The molecule has 0 aliphatic heterocycles. The molecule has 0 bridgehead atoms. The van der Waals surface area contributed by atoms with E-state index in [1.165, 1.54) is 48.5 Å². The molecule has 0 spiro atoms. The van der Waals surface area contributed by atoms with Crippen LogP contribution in [0.15, 0.2) is 110 Å². The van der Waals surface area contributed by atoms with Crippen molar-refractivity contribution in [3.05, 3.63) is 121 Å². The maximum Gasteiger partial charge on any atom is 3.00 e. The molecule has 4 aromatic rings. The quantitative estimate of drug-likeness (QED) is 0.244. The fraction of sp³-hybridized carbons (Fsp3) is 0. The number of H-pyrrole nitrogens is 1. The summed E-state index contributed by atoms with van der Waals surface area (Å²) in [5.74, 6) is -3.87. The number of aromatic amines is 1. The molecule has 2 heterocycles. The van der Waals surface area contributed by atoms with Crippen molar-refractivity contribution in [2.24, 2.45) is 0 Å². The Bertz CT molecular complexity index is 928. The van der Waals surface area contributed by atoms with Crippen LogP contribution in [-0.2, 0) is 22.5 Å². The smallest absolute Gasteiger partial charge is 0.872 e. The third-order valence-corrected chi connectivity index (χ3v) is 3.39. The minimum Gasteiger partial charge on any atom is -0.872 e. The van der Waals surface area contributed by atoms with Crippen molar-refractivity contribution in [3.63, 3.8) is 0 Å². The van der Waals surface area contributed by atoms with Crippen LogP contribution in [0.25, 0.3) is 0 Å². The molecule has 0 unspecified atom stereocenters. The largest absolute Gasteiger partial charge is 3.00 e. The van der Waals surface area contributed by atoms with Gasteiger partial charge in [-0.25, -0.2) is 4.98 Å². The van der Waals surface area contributed by atoms with Gasteiger partial charge in [-0.1, -0.05) is 72.2 Å². The van der Waals surface area contributed by atoms with Gasteiger partial charge in [-0.05, 0) is 23.3 Å². The Labute approximate surface area is 206 Å². The average Bonchev–Trinajstić information content (AvgIpc) is 2.83. The molecule has 0 aliphatic carbocycles. The van der Waals surface area contributed by atoms with Gasteiger partial charge in [0.1, 0.15) is 0 Å². The Kier molecular flexibility index (Phi) is 18.3. The fourth-order valence-corrected chi connectivity index (χ4v) is 1.93. The molecule has 2 aromatic heterocycles. The number of rotatable bonds is 2. The number of carbonyl (C=O) groups is 2. The van der Waals surface area contributed by atoms with Gasteiger partial charge in [-0.3, -0.25) is 4.98 Å². The summed E-state index contributed by atoms with van der Waals surface area (Å²) in [7, 11) is 0. The van der Waals surface area contributed by atoms with Crippen molar-refractivity contribution in [2.75, 3.05) is 0 Å². The van der Waals surface area contributed by atoms with Crippen LogP contribution in [0.2, 0.25) is 0 Å². The van der Waals surface area contributed by atoms with Gasteiger partial charge in [0.15, 0.2) is 12.4 Å². The average molecular weight is 505 g/mol. The summed E-state index contributed by atoms with van der Waals surface area (Å²) >= 11 is 0. The molecule has 4 N–H and O–H groups in total. The maximum absolute atomic E-state index is 10.6. The van der Waals surface area contributed by atoms with E-state index in [0.717, 1.165) is 0 Å². The Morgan fingerprint density at radius 2 is 1.00 bits per heavy atom. The molecule has 34 heavy (non-hydrogen) atoms. The van der Waals surface area contributed by atoms with Crippen LogP contribution in [0.1, 0.15) is 20.7 Å². The molecule has 10 heteroatoms. The first kappa shape index (κ1) is 31.9. The number of para-hydroxylation sites is 2. The van der Waals surface area contributed by atoms with Gasteiger partial charge in [0.05, 0.1) is 11.9 Å². The molecule has 0 amide bonds. The normalized spacial score (nSPS) is 8.24. The van der Waals surface area contributed by atoms with Crippen molar-refractivity contribution in [3.8, 4) is 11.5 Å². The third kappa shape index (κ3) is 13.9. The van der Waals surface area contributed by atoms with E-state index < -0.39 is 23.4 Å². The summed E-state index contributed by atoms with van der Waals surface area (Å²) in [6.07, 6.45) is 7.25. The number of aromatic nitrogens is 2. The number of pyridine rings is 2. The first-order valence-corrected chi connectivity index (χ1v) is 9.14. The molecule has 0 saturated heterocycles. The Balaban J connectivity index is 0. The van der Waals surface area contributed by atoms with E-state index >= 15 is 0 Å². The SMILES string of the molecule is O=C([O-])c1ccccc1[O-].O=C([O-])c1ccccc1[O-].[Mn+3].[OH3+].c1cc[nH+]cc1.c1ccncc1. The summed E-state index contributed by atoms with van der Waals surface area (Å²) in [5.41, 5.74) is -0.579. The zero-order chi connectivity index (χ0) is 23.6. The van der Waals surface area contributed by atoms with Gasteiger partial charge in [-0.2, -0.15) is 0 Å². The van der Waals surface area contributed by atoms with Crippen molar-refractivity contribution < 1.29 is 57.5 Å². The standard InChI is InChI=1S/2C7H6O3.2C5H5N.Mn.H2O/c2*8-6-4-2-1-3-5(6)7(9)10;2*1-2-4-6-5-3-1;;/h2*1-4,8H,(H,9,10);2*1-5H;;1H2/q;;;;+3;/p-2. The van der Waals surface area contributed by atoms with Crippen LogP contribution in [0.4, 0.5) is 0 Å². The number of hydrogen-bond donors (Lipinski definition) is 0. The summed E-state index contributed by atoms with van der Waals surface area (Å²) in [6, 6.07) is 22.3. The molecule has 0 radical (unpaired) electrons. The number of nitrogens with zero attached hydrogens (tertiary/aromatic N) is 1. The van der Waals surface area contributed by atoms with E-state index in [2.05, 4.69) is 9.97 Å². The summed E-state index contributed by atoms with van der Waals surface area (Å²) in [6.45, 7) is 0. The number of carboxylic acid groups (broad SMARTS) is 2. The second-order valence-corrected chi connectivity index (χ2v) is 5.67. The molecule has 4 rings (SSSR count). The summed E-state index contributed by atoms with van der Waals surface area (Å²) in [4.78, 5) is 26.9. The summed E-state index contributed by atoms with van der Waals surface area (Å²) < 4.78 is 0. The fourth-order valence-electron chi connectivity index (χ4n) is 1.93. The van der Waals surface area contributed by atoms with E-state index in [-0.39, 0.29) is 33.7 Å². The monoisotopic (exact) mass is 505 g/mol. The number of benzene rings is 2. The van der Waals surface area contributed by atoms with Gasteiger partial charge < -0.3 is 35.5 Å². The van der Waals surface area contributed by atoms with Crippen LogP contribution in [0.3, 0.4) is 0 Å². The van der Waals surface area contributed by atoms with Gasteiger partial charge in [0.2, 0.25) is 0 Å². The number of aromatic carboxylic acids is 2. The second-order valence-electron chi connectivity index (χ2n) is 5.67. The van der Waals surface area contributed by atoms with E-state index in [0.29, 0.717) is 0 Å². The summed E-state index contributed by atoms with van der Waals surface area (Å²) in [5, 5.41) is 41.5. The molecular formula is C24H22MnN2O7+. The zero-order valence-electron chi connectivity index (χ0n) is 17.7. The maximum atomic E-state index is 10.6. The van der Waals surface area contributed by atoms with Crippen LogP contribution in [-0.4, -0.2) is 16.9 Å². The van der Waals surface area contributed by atoms with Gasteiger partial charge >= 0.3 is 17.1 Å². The van der Waals surface area contributed by atoms with Gasteiger partial charge in [-0.15, -0.1) is 0 Å². The molecule has 0 aliphatic rings. The first-order chi connectivity index (χ1) is 15.4. The molecule has 0 saturated carbocycles. The first-order valence-electron chi connectivity index (χ1n) is 9.14. The van der Waals surface area contributed by atoms with Crippen LogP contribution in [0, 0.1) is 0 Å². The number of carboxylic acids is 2. The van der Waals surface area contributed by atoms with Gasteiger partial charge in [0, 0.05) is 24.5 Å². The van der Waals surface area contributed by atoms with Crippen molar-refractivity contribution in [1.29, 1.82) is 0 Å². The van der Waals surface area contributed by atoms with Crippen LogP contribution in [0.5, 0.6) is 11.5 Å². The molecule has 0 atom stereocenters. The molecule has 9 nitrogen and oxygen atoms in total. The Hall–Kier alpha value is -4.24. The van der Waals surface area contributed by atoms with E-state index in [4.69, 9.17) is 0 Å². The van der Waals surface area contributed by atoms with E-state index in [9.17, 15) is 30.0 Å². The van der Waals surface area contributed by atoms with Crippen molar-refractivity contribution in [1.82, 2.24) is 4.98 Å². The number of hydrogen-bond acceptors (Lipinski definition) is 7. The van der Waals surface area contributed by atoms with Crippen molar-refractivity contribution in [2.45, 2.75) is 0 Å². The number of nitrogens with one attached hydrogen (secondary N) is 1. The molecular weight excluding hydrogens is 483 g/mol. The van der Waals surface area contributed by atoms with Gasteiger partial charge in [0.25, 0.3) is 0 Å². The van der Waals surface area contributed by atoms with E-state index in [1.54, 1.807) is 12.4 Å². The molecule has 0 fully saturated rings. The minimum atomic E-state index is -1.43. The number of carbonyl (C=O) groups excluding carboxylic acids is 2. The predicted octanol–water partition coefficient (Wildman–Crippen LogP) is -1.09. The zero-order valence-corrected chi connectivity index (χ0v) is 18.9. The Morgan fingerprint density at radius 3 is 1.18 bits per heavy atom. The van der Waals surface area contributed by atoms with Crippen LogP contribution >= 0.6 is 0 Å². The van der Waals surface area contributed by atoms with Crippen LogP contribution < -0.4 is 25.4 Å². The Morgan fingerprint density at radius 1 is 0.618 bits per heavy atom. The molecule has 176 valence electrons. The second kappa shape index (κ2) is 19.4. The third-order valence-electron chi connectivity index (χ3n) is 3.39. The minimum absolute atomic E-state index is 0. The van der Waals surface area contributed by atoms with E-state index in [1.807, 2.05) is 48.8 Å². The molecule has 2 aromatic carbocycles.